The maximum absolute atomic E-state index is 12.8. The van der Waals surface area contributed by atoms with E-state index in [1.165, 1.54) is 0 Å². The van der Waals surface area contributed by atoms with Crippen LogP contribution in [0.25, 0.3) is 0 Å². The van der Waals surface area contributed by atoms with Gasteiger partial charge < -0.3 is 15.0 Å². The minimum atomic E-state index is -0.367. The fraction of sp³-hybridized carbons (Fsp3) is 0.600. The summed E-state index contributed by atoms with van der Waals surface area (Å²) in [5, 5.41) is 3.20. The number of nitrogens with zero attached hydrogens (tertiary/aromatic N) is 1. The van der Waals surface area contributed by atoms with Crippen molar-refractivity contribution >= 4 is 27.7 Å². The van der Waals surface area contributed by atoms with Crippen LogP contribution in [-0.4, -0.2) is 36.4 Å². The lowest BCUT2D eigenvalue weighted by Crippen LogP contribution is -2.47. The second-order valence-electron chi connectivity index (χ2n) is 8.20. The van der Waals surface area contributed by atoms with Gasteiger partial charge in [-0.2, -0.15) is 0 Å². The first-order chi connectivity index (χ1) is 12.3. The lowest BCUT2D eigenvalue weighted by atomic mass is 9.90. The highest BCUT2D eigenvalue weighted by Crippen LogP contribution is 2.34. The molecule has 0 saturated carbocycles. The zero-order chi connectivity index (χ0) is 18.9. The predicted molar refractivity (Wildman–Crippen MR) is 104 cm³/mol. The third kappa shape index (κ3) is 4.22. The van der Waals surface area contributed by atoms with Crippen molar-refractivity contribution in [3.05, 3.63) is 28.2 Å². The monoisotopic (exact) mass is 422 g/mol. The second kappa shape index (κ2) is 7.59. The molecule has 2 heterocycles. The van der Waals surface area contributed by atoms with E-state index >= 15 is 0 Å². The number of nitrogens with one attached hydrogen (secondary N) is 1. The van der Waals surface area contributed by atoms with Gasteiger partial charge in [0, 0.05) is 40.9 Å². The summed E-state index contributed by atoms with van der Waals surface area (Å²) >= 11 is 3.49. The van der Waals surface area contributed by atoms with Crippen LogP contribution in [0.15, 0.2) is 22.7 Å². The largest absolute Gasteiger partial charge is 0.493 e. The second-order valence-corrected chi connectivity index (χ2v) is 9.11. The van der Waals surface area contributed by atoms with Crippen molar-refractivity contribution in [3.8, 4) is 5.75 Å². The van der Waals surface area contributed by atoms with Gasteiger partial charge in [-0.15, -0.1) is 0 Å². The Morgan fingerprint density at radius 1 is 1.19 bits per heavy atom. The Morgan fingerprint density at radius 3 is 2.54 bits per heavy atom. The molecular formula is C20H27BrN2O3. The van der Waals surface area contributed by atoms with Crippen molar-refractivity contribution in [2.75, 3.05) is 19.7 Å². The lowest BCUT2D eigenvalue weighted by molar-refractivity contribution is -0.142. The molecule has 142 valence electrons. The highest BCUT2D eigenvalue weighted by atomic mass is 79.9. The average Bonchev–Trinajstić information content (AvgIpc) is 2.61. The molecule has 1 atom stereocenters. The van der Waals surface area contributed by atoms with E-state index in [1.807, 2.05) is 43.9 Å². The molecular weight excluding hydrogens is 396 g/mol. The van der Waals surface area contributed by atoms with Gasteiger partial charge in [0.25, 0.3) is 0 Å². The van der Waals surface area contributed by atoms with Gasteiger partial charge in [-0.05, 0) is 31.0 Å². The van der Waals surface area contributed by atoms with Gasteiger partial charge in [0.2, 0.25) is 11.8 Å². The van der Waals surface area contributed by atoms with Crippen LogP contribution in [0.1, 0.15) is 51.6 Å². The van der Waals surface area contributed by atoms with Crippen LogP contribution in [0, 0.1) is 11.3 Å². The average molecular weight is 423 g/mol. The van der Waals surface area contributed by atoms with Crippen molar-refractivity contribution in [3.63, 3.8) is 0 Å². The Hall–Kier alpha value is -1.56. The van der Waals surface area contributed by atoms with E-state index in [2.05, 4.69) is 21.2 Å². The molecule has 2 aliphatic rings. The number of hydrogen-bond acceptors (Lipinski definition) is 3. The molecule has 2 amide bonds. The number of benzene rings is 1. The molecule has 1 N–H and O–H groups in total. The number of hydrogen-bond donors (Lipinski definition) is 1. The maximum Gasteiger partial charge on any atom is 0.227 e. The molecule has 3 rings (SSSR count). The topological polar surface area (TPSA) is 58.6 Å². The van der Waals surface area contributed by atoms with Crippen LogP contribution in [0.3, 0.4) is 0 Å². The predicted octanol–water partition coefficient (Wildman–Crippen LogP) is 3.67. The first kappa shape index (κ1) is 19.2. The highest BCUT2D eigenvalue weighted by molar-refractivity contribution is 9.10. The van der Waals surface area contributed by atoms with Gasteiger partial charge in [0.1, 0.15) is 5.75 Å². The molecule has 0 spiro atoms. The number of carbonyl (C=O) groups excluding carboxylic acids is 2. The third-order valence-electron chi connectivity index (χ3n) is 5.12. The van der Waals surface area contributed by atoms with E-state index < -0.39 is 0 Å². The van der Waals surface area contributed by atoms with Crippen molar-refractivity contribution < 1.29 is 14.3 Å². The molecule has 1 unspecified atom stereocenters. The summed E-state index contributed by atoms with van der Waals surface area (Å²) < 4.78 is 6.67. The number of rotatable bonds is 2. The number of amides is 2. The Bertz CT molecular complexity index is 691. The van der Waals surface area contributed by atoms with Gasteiger partial charge >= 0.3 is 0 Å². The first-order valence-electron chi connectivity index (χ1n) is 9.27. The van der Waals surface area contributed by atoms with Crippen LogP contribution in [-0.2, 0) is 9.59 Å². The number of fused-ring (bicyclic) bond motifs is 1. The van der Waals surface area contributed by atoms with Gasteiger partial charge in [0.15, 0.2) is 0 Å². The van der Waals surface area contributed by atoms with E-state index in [0.29, 0.717) is 19.7 Å². The molecule has 1 saturated heterocycles. The standard InChI is InChI=1S/C20H27BrN2O3/c1-20(2,3)19(25)23-9-6-13(7-10-23)18(24)22-16-8-11-26-17-5-4-14(21)12-15(16)17/h4-5,12-13,16H,6-11H2,1-3H3,(H,22,24). The molecule has 0 radical (unpaired) electrons. The fourth-order valence-corrected chi connectivity index (χ4v) is 4.00. The first-order valence-corrected chi connectivity index (χ1v) is 10.1. The zero-order valence-corrected chi connectivity index (χ0v) is 17.3. The minimum Gasteiger partial charge on any atom is -0.493 e. The van der Waals surface area contributed by atoms with E-state index in [4.69, 9.17) is 4.74 Å². The Kier molecular flexibility index (Phi) is 5.61. The Morgan fingerprint density at radius 2 is 1.88 bits per heavy atom. The molecule has 26 heavy (non-hydrogen) atoms. The number of ether oxygens (including phenoxy) is 1. The summed E-state index contributed by atoms with van der Waals surface area (Å²) in [6.45, 7) is 7.74. The number of halogens is 1. The number of carbonyl (C=O) groups is 2. The van der Waals surface area contributed by atoms with Crippen molar-refractivity contribution in [2.45, 2.75) is 46.1 Å². The molecule has 1 fully saturated rings. The van der Waals surface area contributed by atoms with E-state index in [9.17, 15) is 9.59 Å². The lowest BCUT2D eigenvalue weighted by Gasteiger charge is -2.36. The molecule has 5 nitrogen and oxygen atoms in total. The SMILES string of the molecule is CC(C)(C)C(=O)N1CCC(C(=O)NC2CCOc3ccc(Br)cc32)CC1. The molecule has 1 aromatic rings. The van der Waals surface area contributed by atoms with Crippen LogP contribution in [0.4, 0.5) is 0 Å². The summed E-state index contributed by atoms with van der Waals surface area (Å²) in [4.78, 5) is 27.1. The smallest absolute Gasteiger partial charge is 0.227 e. The fourth-order valence-electron chi connectivity index (χ4n) is 3.62. The van der Waals surface area contributed by atoms with Crippen molar-refractivity contribution in [2.24, 2.45) is 11.3 Å². The molecule has 2 aliphatic heterocycles. The summed E-state index contributed by atoms with van der Waals surface area (Å²) in [6.07, 6.45) is 2.22. The summed E-state index contributed by atoms with van der Waals surface area (Å²) in [7, 11) is 0. The molecule has 6 heteroatoms. The molecule has 0 aromatic heterocycles. The van der Waals surface area contributed by atoms with Crippen LogP contribution < -0.4 is 10.1 Å². The zero-order valence-electron chi connectivity index (χ0n) is 15.7. The van der Waals surface area contributed by atoms with Gasteiger partial charge in [-0.1, -0.05) is 36.7 Å². The summed E-state index contributed by atoms with van der Waals surface area (Å²) in [6, 6.07) is 5.89. The van der Waals surface area contributed by atoms with Crippen molar-refractivity contribution in [1.29, 1.82) is 0 Å². The van der Waals surface area contributed by atoms with E-state index in [-0.39, 0.29) is 29.2 Å². The quantitative estimate of drug-likeness (QED) is 0.790. The third-order valence-corrected chi connectivity index (χ3v) is 5.62. The van der Waals surface area contributed by atoms with Gasteiger partial charge in [-0.25, -0.2) is 0 Å². The van der Waals surface area contributed by atoms with Crippen LogP contribution in [0.2, 0.25) is 0 Å². The molecule has 0 bridgehead atoms. The summed E-state index contributed by atoms with van der Waals surface area (Å²) in [5.41, 5.74) is 0.660. The molecule has 1 aromatic carbocycles. The number of likely N-dealkylation sites (tertiary alicyclic amines) is 1. The van der Waals surface area contributed by atoms with Crippen LogP contribution in [0.5, 0.6) is 5.75 Å². The maximum atomic E-state index is 12.8. The van der Waals surface area contributed by atoms with Gasteiger partial charge in [0.05, 0.1) is 12.6 Å². The highest BCUT2D eigenvalue weighted by Gasteiger charge is 2.33. The Balaban J connectivity index is 1.59. The van der Waals surface area contributed by atoms with Gasteiger partial charge in [-0.3, -0.25) is 9.59 Å². The molecule has 0 aliphatic carbocycles. The normalized spacial score (nSPS) is 20.9. The van der Waals surface area contributed by atoms with E-state index in [0.717, 1.165) is 35.0 Å². The number of piperidine rings is 1. The van der Waals surface area contributed by atoms with Crippen LogP contribution >= 0.6 is 15.9 Å². The minimum absolute atomic E-state index is 0.0158. The summed E-state index contributed by atoms with van der Waals surface area (Å²) in [5.74, 6) is 1.07. The van der Waals surface area contributed by atoms with Crippen molar-refractivity contribution in [1.82, 2.24) is 10.2 Å². The van der Waals surface area contributed by atoms with E-state index in [1.54, 1.807) is 0 Å². The Labute approximate surface area is 163 Å².